The summed E-state index contributed by atoms with van der Waals surface area (Å²) in [5.74, 6) is -0.797. The number of halogens is 4. The van der Waals surface area contributed by atoms with E-state index in [-0.39, 0.29) is 34.3 Å². The first-order chi connectivity index (χ1) is 15.0. The lowest BCUT2D eigenvalue weighted by Gasteiger charge is -2.38. The number of hydrogen-bond acceptors (Lipinski definition) is 6. The Kier molecular flexibility index (Phi) is 6.79. The second-order valence-corrected chi connectivity index (χ2v) is 7.36. The van der Waals surface area contributed by atoms with E-state index in [1.54, 1.807) is 6.92 Å². The van der Waals surface area contributed by atoms with Crippen LogP contribution in [0.15, 0.2) is 30.9 Å². The third-order valence-corrected chi connectivity index (χ3v) is 4.89. The first-order valence-corrected chi connectivity index (χ1v) is 9.78. The monoisotopic (exact) mass is 469 g/mol. The molecule has 1 saturated heterocycles. The lowest BCUT2D eigenvalue weighted by molar-refractivity contribution is -0.253. The van der Waals surface area contributed by atoms with Crippen molar-refractivity contribution in [3.8, 4) is 11.4 Å². The summed E-state index contributed by atoms with van der Waals surface area (Å²) in [6.45, 7) is 4.14. The average molecular weight is 470 g/mol. The molecule has 32 heavy (non-hydrogen) atoms. The van der Waals surface area contributed by atoms with Gasteiger partial charge >= 0.3 is 6.18 Å². The number of alkyl halides is 3. The summed E-state index contributed by atoms with van der Waals surface area (Å²) in [7, 11) is 1.45. The van der Waals surface area contributed by atoms with Crippen molar-refractivity contribution in [3.63, 3.8) is 0 Å². The van der Waals surface area contributed by atoms with Gasteiger partial charge in [0.15, 0.2) is 6.10 Å². The molecule has 0 spiro atoms. The highest BCUT2D eigenvalue weighted by Gasteiger charge is 2.47. The van der Waals surface area contributed by atoms with Crippen LogP contribution in [0.1, 0.15) is 28.0 Å². The number of ether oxygens (including phenoxy) is 1. The molecule has 2 aromatic rings. The molecule has 1 N–H and O–H groups in total. The Morgan fingerprint density at radius 1 is 1.22 bits per heavy atom. The van der Waals surface area contributed by atoms with Crippen molar-refractivity contribution >= 4 is 23.4 Å². The zero-order valence-electron chi connectivity index (χ0n) is 17.1. The fourth-order valence-corrected chi connectivity index (χ4v) is 3.43. The largest absolute Gasteiger partial charge is 0.416 e. The van der Waals surface area contributed by atoms with Crippen molar-refractivity contribution in [2.75, 3.05) is 20.1 Å². The maximum atomic E-state index is 13.4. The number of morpholine rings is 1. The molecule has 0 radical (unpaired) electrons. The minimum Gasteiger partial charge on any atom is -0.357 e. The van der Waals surface area contributed by atoms with Crippen molar-refractivity contribution in [1.82, 2.24) is 25.2 Å². The predicted molar refractivity (Wildman–Crippen MR) is 109 cm³/mol. The number of aromatic nitrogens is 3. The molecule has 12 heteroatoms. The summed E-state index contributed by atoms with van der Waals surface area (Å²) in [6, 6.07) is 4.21. The van der Waals surface area contributed by atoms with Crippen LogP contribution in [0.25, 0.3) is 11.4 Å². The van der Waals surface area contributed by atoms with Gasteiger partial charge in [-0.3, -0.25) is 9.59 Å². The molecule has 3 rings (SSSR count). The molecular formula is C20H19ClF3N5O3. The number of pyridine rings is 1. The Morgan fingerprint density at radius 2 is 1.91 bits per heavy atom. The molecule has 0 aromatic carbocycles. The van der Waals surface area contributed by atoms with Crippen LogP contribution in [0.5, 0.6) is 0 Å². The zero-order chi connectivity index (χ0) is 23.6. The quantitative estimate of drug-likeness (QED) is 0.546. The van der Waals surface area contributed by atoms with Crippen molar-refractivity contribution in [1.29, 1.82) is 0 Å². The Labute approximate surface area is 186 Å². The highest BCUT2D eigenvalue weighted by molar-refractivity contribution is 6.29. The highest BCUT2D eigenvalue weighted by Crippen LogP contribution is 2.35. The number of carbonyl (C=O) groups is 2. The van der Waals surface area contributed by atoms with E-state index in [4.69, 9.17) is 16.3 Å². The van der Waals surface area contributed by atoms with Crippen LogP contribution in [-0.2, 0) is 9.53 Å². The summed E-state index contributed by atoms with van der Waals surface area (Å²) < 4.78 is 45.5. The number of nitrogens with zero attached hydrogens (tertiary/aromatic N) is 4. The van der Waals surface area contributed by atoms with E-state index in [1.165, 1.54) is 25.2 Å². The maximum Gasteiger partial charge on any atom is 0.416 e. The molecule has 2 atom stereocenters. The summed E-state index contributed by atoms with van der Waals surface area (Å²) in [6.07, 6.45) is -7.03. The average Bonchev–Trinajstić information content (AvgIpc) is 2.76. The number of nitrogens with one attached hydrogen (secondary N) is 1. The smallest absolute Gasteiger partial charge is 0.357 e. The van der Waals surface area contributed by atoms with Crippen molar-refractivity contribution in [3.05, 3.63) is 53.1 Å². The molecule has 0 aliphatic carbocycles. The highest BCUT2D eigenvalue weighted by atomic mass is 35.5. The molecule has 1 aliphatic heterocycles. The van der Waals surface area contributed by atoms with Gasteiger partial charge in [-0.25, -0.2) is 15.0 Å². The molecule has 8 nitrogen and oxygen atoms in total. The third kappa shape index (κ3) is 5.22. The van der Waals surface area contributed by atoms with Gasteiger partial charge in [0.25, 0.3) is 5.91 Å². The predicted octanol–water partition coefficient (Wildman–Crippen LogP) is 2.88. The number of aryl methyl sites for hydroxylation is 1. The maximum absolute atomic E-state index is 13.4. The Balaban J connectivity index is 2.02. The summed E-state index contributed by atoms with van der Waals surface area (Å²) in [5, 5.41) is 2.43. The van der Waals surface area contributed by atoms with E-state index in [0.717, 1.165) is 11.0 Å². The molecule has 1 aliphatic rings. The number of amides is 2. The van der Waals surface area contributed by atoms with Gasteiger partial charge in [0, 0.05) is 7.05 Å². The Bertz CT molecular complexity index is 1060. The molecule has 2 aromatic heterocycles. The van der Waals surface area contributed by atoms with E-state index in [1.807, 2.05) is 0 Å². The van der Waals surface area contributed by atoms with E-state index in [2.05, 4.69) is 26.8 Å². The third-order valence-electron chi connectivity index (χ3n) is 4.70. The van der Waals surface area contributed by atoms with Gasteiger partial charge in [-0.1, -0.05) is 18.2 Å². The van der Waals surface area contributed by atoms with Gasteiger partial charge in [-0.2, -0.15) is 13.2 Å². The molecule has 1 fully saturated rings. The van der Waals surface area contributed by atoms with E-state index < -0.39 is 36.7 Å². The van der Waals surface area contributed by atoms with Gasteiger partial charge in [0.2, 0.25) is 5.91 Å². The van der Waals surface area contributed by atoms with Crippen molar-refractivity contribution in [2.24, 2.45) is 0 Å². The van der Waals surface area contributed by atoms with Crippen molar-refractivity contribution in [2.45, 2.75) is 25.3 Å². The fourth-order valence-electron chi connectivity index (χ4n) is 3.21. The molecular weight excluding hydrogens is 451 g/mol. The van der Waals surface area contributed by atoms with Crippen LogP contribution in [0.3, 0.4) is 0 Å². The molecule has 170 valence electrons. The van der Waals surface area contributed by atoms with Crippen LogP contribution in [0, 0.1) is 6.92 Å². The molecule has 1 unspecified atom stereocenters. The SMILES string of the molecule is C=CC(=O)N1CC(C(F)(F)F)O[C@H](c2cc(Cl)nc(-c3cc(C(=O)NC)nc(C)n3)c2)C1. The minimum atomic E-state index is -4.68. The molecule has 0 saturated carbocycles. The van der Waals surface area contributed by atoms with Gasteiger partial charge in [0.1, 0.15) is 22.8 Å². The van der Waals surface area contributed by atoms with Crippen LogP contribution < -0.4 is 5.32 Å². The molecule has 3 heterocycles. The topological polar surface area (TPSA) is 97.3 Å². The number of hydrogen-bond donors (Lipinski definition) is 1. The van der Waals surface area contributed by atoms with Crippen LogP contribution in [0.4, 0.5) is 13.2 Å². The fraction of sp³-hybridized carbons (Fsp3) is 0.350. The van der Waals surface area contributed by atoms with Gasteiger partial charge in [-0.05, 0) is 36.8 Å². The lowest BCUT2D eigenvalue weighted by atomic mass is 10.0. The first kappa shape index (κ1) is 23.6. The van der Waals surface area contributed by atoms with E-state index in [0.29, 0.717) is 5.82 Å². The summed E-state index contributed by atoms with van der Waals surface area (Å²) >= 11 is 6.13. The Morgan fingerprint density at radius 3 is 2.53 bits per heavy atom. The van der Waals surface area contributed by atoms with Crippen molar-refractivity contribution < 1.29 is 27.5 Å². The van der Waals surface area contributed by atoms with Crippen LogP contribution in [-0.4, -0.2) is 64.1 Å². The minimum absolute atomic E-state index is 0.0189. The zero-order valence-corrected chi connectivity index (χ0v) is 17.9. The van der Waals surface area contributed by atoms with Gasteiger partial charge in [0.05, 0.1) is 24.5 Å². The van der Waals surface area contributed by atoms with Gasteiger partial charge in [-0.15, -0.1) is 0 Å². The standard InChI is InChI=1S/C20H19ClF3N5O3/c1-4-18(30)29-8-15(32-16(9-29)20(22,23)24)11-5-12(28-17(21)6-11)13-7-14(19(31)25-3)27-10(2)26-13/h4-7,15-16H,1,8-9H2,2-3H3,(H,25,31)/t15-,16?/m0/s1. The van der Waals surface area contributed by atoms with Crippen LogP contribution >= 0.6 is 11.6 Å². The number of rotatable bonds is 4. The Hall–Kier alpha value is -3.05. The van der Waals surface area contributed by atoms with E-state index in [9.17, 15) is 22.8 Å². The first-order valence-electron chi connectivity index (χ1n) is 9.41. The second-order valence-electron chi connectivity index (χ2n) is 6.98. The van der Waals surface area contributed by atoms with Crippen LogP contribution in [0.2, 0.25) is 5.15 Å². The summed E-state index contributed by atoms with van der Waals surface area (Å²) in [5.41, 5.74) is 0.824. The lowest BCUT2D eigenvalue weighted by Crippen LogP contribution is -2.51. The second kappa shape index (κ2) is 9.21. The summed E-state index contributed by atoms with van der Waals surface area (Å²) in [4.78, 5) is 37.5. The number of carbonyl (C=O) groups excluding carboxylic acids is 2. The van der Waals surface area contributed by atoms with Gasteiger partial charge < -0.3 is 15.0 Å². The normalized spacial score (nSPS) is 18.9. The van der Waals surface area contributed by atoms with E-state index >= 15 is 0 Å². The molecule has 2 amide bonds. The molecule has 0 bridgehead atoms.